The Labute approximate surface area is 99.3 Å². The lowest BCUT2D eigenvalue weighted by molar-refractivity contribution is 0.112. The minimum atomic E-state index is 0.733. The van der Waals surface area contributed by atoms with Gasteiger partial charge in [-0.15, -0.1) is 0 Å². The molecule has 0 saturated carbocycles. The molecule has 0 aliphatic rings. The second-order valence-electron chi connectivity index (χ2n) is 4.55. The van der Waals surface area contributed by atoms with Crippen LogP contribution in [-0.4, -0.2) is 11.3 Å². The first-order valence-corrected chi connectivity index (χ1v) is 5.67. The van der Waals surface area contributed by atoms with E-state index in [-0.39, 0.29) is 0 Å². The molecule has 0 saturated heterocycles. The molecule has 2 heteroatoms. The number of benzene rings is 2. The van der Waals surface area contributed by atoms with Crippen LogP contribution in [0.4, 0.5) is 0 Å². The molecule has 1 heterocycles. The molecule has 1 aromatic heterocycles. The van der Waals surface area contributed by atoms with E-state index in [9.17, 15) is 4.79 Å². The molecule has 0 unspecified atom stereocenters. The van der Waals surface area contributed by atoms with Crippen molar-refractivity contribution in [3.05, 3.63) is 47.0 Å². The summed E-state index contributed by atoms with van der Waals surface area (Å²) in [4.78, 5) is 14.3. The maximum Gasteiger partial charge on any atom is 0.150 e. The van der Waals surface area contributed by atoms with Gasteiger partial charge in [0.15, 0.2) is 0 Å². The number of carbonyl (C=O) groups is 1. The zero-order valence-corrected chi connectivity index (χ0v) is 9.87. The number of aldehydes is 1. The van der Waals surface area contributed by atoms with Crippen LogP contribution in [0, 0.1) is 13.8 Å². The van der Waals surface area contributed by atoms with Crippen LogP contribution in [-0.2, 0) is 0 Å². The number of carbonyl (C=O) groups excluding carboxylic acids is 1. The van der Waals surface area contributed by atoms with Gasteiger partial charge < -0.3 is 4.98 Å². The molecular formula is C15H13NO. The highest BCUT2D eigenvalue weighted by atomic mass is 16.1. The van der Waals surface area contributed by atoms with Gasteiger partial charge >= 0.3 is 0 Å². The van der Waals surface area contributed by atoms with Crippen molar-refractivity contribution >= 4 is 28.1 Å². The van der Waals surface area contributed by atoms with Crippen LogP contribution in [0.25, 0.3) is 21.8 Å². The summed E-state index contributed by atoms with van der Waals surface area (Å²) in [7, 11) is 0. The molecule has 0 bridgehead atoms. The van der Waals surface area contributed by atoms with Crippen molar-refractivity contribution < 1.29 is 4.79 Å². The molecule has 0 fully saturated rings. The number of aromatic amines is 1. The van der Waals surface area contributed by atoms with Gasteiger partial charge in [0.05, 0.1) is 0 Å². The molecule has 0 aliphatic carbocycles. The Kier molecular flexibility index (Phi) is 2.05. The monoisotopic (exact) mass is 223 g/mol. The second kappa shape index (κ2) is 3.45. The number of aryl methyl sites for hydroxylation is 2. The molecule has 1 N–H and O–H groups in total. The average molecular weight is 223 g/mol. The molecule has 17 heavy (non-hydrogen) atoms. The number of rotatable bonds is 1. The maximum atomic E-state index is 10.9. The van der Waals surface area contributed by atoms with Gasteiger partial charge in [-0.05, 0) is 43.2 Å². The third kappa shape index (κ3) is 1.45. The van der Waals surface area contributed by atoms with Gasteiger partial charge in [-0.25, -0.2) is 0 Å². The molecule has 0 spiro atoms. The van der Waals surface area contributed by atoms with E-state index >= 15 is 0 Å². The zero-order chi connectivity index (χ0) is 12.0. The molecule has 84 valence electrons. The summed E-state index contributed by atoms with van der Waals surface area (Å²) in [5.41, 5.74) is 5.33. The van der Waals surface area contributed by atoms with E-state index in [0.717, 1.165) is 33.8 Å². The number of hydrogen-bond donors (Lipinski definition) is 1. The third-order valence-corrected chi connectivity index (χ3v) is 3.22. The fourth-order valence-electron chi connectivity index (χ4n) is 2.39. The van der Waals surface area contributed by atoms with Crippen molar-refractivity contribution in [2.24, 2.45) is 0 Å². The first kappa shape index (κ1) is 10.1. The standard InChI is InChI=1S/C15H13NO/c1-9-3-4-12-13-7-11(8-17)6-10(2)15(13)16-14(12)5-9/h3-8,16H,1-2H3. The molecule has 3 rings (SSSR count). The van der Waals surface area contributed by atoms with Crippen molar-refractivity contribution in [3.8, 4) is 0 Å². The van der Waals surface area contributed by atoms with Crippen molar-refractivity contribution in [3.63, 3.8) is 0 Å². The highest BCUT2D eigenvalue weighted by Gasteiger charge is 2.07. The van der Waals surface area contributed by atoms with E-state index in [1.807, 2.05) is 19.1 Å². The Morgan fingerprint density at radius 1 is 1.06 bits per heavy atom. The van der Waals surface area contributed by atoms with Gasteiger partial charge in [-0.3, -0.25) is 4.79 Å². The summed E-state index contributed by atoms with van der Waals surface area (Å²) >= 11 is 0. The first-order chi connectivity index (χ1) is 8.19. The number of aromatic nitrogens is 1. The second-order valence-corrected chi connectivity index (χ2v) is 4.55. The molecule has 0 radical (unpaired) electrons. The van der Waals surface area contributed by atoms with Crippen molar-refractivity contribution in [1.29, 1.82) is 0 Å². The number of fused-ring (bicyclic) bond motifs is 3. The smallest absolute Gasteiger partial charge is 0.150 e. The van der Waals surface area contributed by atoms with Gasteiger partial charge in [-0.2, -0.15) is 0 Å². The Hall–Kier alpha value is -2.09. The van der Waals surface area contributed by atoms with Crippen LogP contribution in [0.5, 0.6) is 0 Å². The molecule has 0 atom stereocenters. The topological polar surface area (TPSA) is 32.9 Å². The first-order valence-electron chi connectivity index (χ1n) is 5.67. The van der Waals surface area contributed by atoms with Crippen LogP contribution in [0.15, 0.2) is 30.3 Å². The van der Waals surface area contributed by atoms with Gasteiger partial charge in [0.1, 0.15) is 6.29 Å². The molecule has 2 nitrogen and oxygen atoms in total. The highest BCUT2D eigenvalue weighted by Crippen LogP contribution is 2.28. The van der Waals surface area contributed by atoms with Crippen molar-refractivity contribution in [2.45, 2.75) is 13.8 Å². The Morgan fingerprint density at radius 2 is 1.88 bits per heavy atom. The summed E-state index contributed by atoms with van der Waals surface area (Å²) in [6.07, 6.45) is 0.902. The fourth-order valence-corrected chi connectivity index (χ4v) is 2.39. The van der Waals surface area contributed by atoms with E-state index in [2.05, 4.69) is 30.1 Å². The number of hydrogen-bond acceptors (Lipinski definition) is 1. The summed E-state index contributed by atoms with van der Waals surface area (Å²) in [5, 5.41) is 2.31. The number of H-pyrrole nitrogens is 1. The van der Waals surface area contributed by atoms with E-state index in [1.165, 1.54) is 10.9 Å². The minimum Gasteiger partial charge on any atom is -0.354 e. The number of nitrogens with one attached hydrogen (secondary N) is 1. The highest BCUT2D eigenvalue weighted by molar-refractivity contribution is 6.09. The van der Waals surface area contributed by atoms with Gasteiger partial charge in [-0.1, -0.05) is 12.1 Å². The molecule has 2 aromatic carbocycles. The van der Waals surface area contributed by atoms with Crippen LogP contribution in [0.2, 0.25) is 0 Å². The van der Waals surface area contributed by atoms with E-state index < -0.39 is 0 Å². The van der Waals surface area contributed by atoms with E-state index in [1.54, 1.807) is 0 Å². The predicted octanol–water partition coefficient (Wildman–Crippen LogP) is 3.75. The molecule has 3 aromatic rings. The Morgan fingerprint density at radius 3 is 2.65 bits per heavy atom. The summed E-state index contributed by atoms with van der Waals surface area (Å²) in [6, 6.07) is 10.2. The lowest BCUT2D eigenvalue weighted by Crippen LogP contribution is -1.83. The van der Waals surface area contributed by atoms with Crippen LogP contribution in [0.3, 0.4) is 0 Å². The normalized spacial score (nSPS) is 11.2. The minimum absolute atomic E-state index is 0.733. The van der Waals surface area contributed by atoms with Gasteiger partial charge in [0.2, 0.25) is 0 Å². The summed E-state index contributed by atoms with van der Waals surface area (Å²) < 4.78 is 0. The van der Waals surface area contributed by atoms with Crippen LogP contribution < -0.4 is 0 Å². The Balaban J connectivity index is 2.51. The van der Waals surface area contributed by atoms with Gasteiger partial charge in [0.25, 0.3) is 0 Å². The third-order valence-electron chi connectivity index (χ3n) is 3.22. The molecule has 0 amide bonds. The van der Waals surface area contributed by atoms with Gasteiger partial charge in [0, 0.05) is 27.4 Å². The summed E-state index contributed by atoms with van der Waals surface area (Å²) in [6.45, 7) is 4.10. The average Bonchev–Trinajstić information content (AvgIpc) is 2.67. The van der Waals surface area contributed by atoms with Crippen molar-refractivity contribution in [2.75, 3.05) is 0 Å². The maximum absolute atomic E-state index is 10.9. The van der Waals surface area contributed by atoms with E-state index in [0.29, 0.717) is 0 Å². The predicted molar refractivity (Wildman–Crippen MR) is 70.7 cm³/mol. The Bertz CT molecular complexity index is 737. The van der Waals surface area contributed by atoms with Crippen LogP contribution >= 0.6 is 0 Å². The summed E-state index contributed by atoms with van der Waals surface area (Å²) in [5.74, 6) is 0. The largest absolute Gasteiger partial charge is 0.354 e. The van der Waals surface area contributed by atoms with E-state index in [4.69, 9.17) is 0 Å². The molecular weight excluding hydrogens is 210 g/mol. The SMILES string of the molecule is Cc1ccc2c(c1)[nH]c1c(C)cc(C=O)cc12. The quantitative estimate of drug-likeness (QED) is 0.626. The molecule has 0 aliphatic heterocycles. The van der Waals surface area contributed by atoms with Crippen LogP contribution in [0.1, 0.15) is 21.5 Å². The lowest BCUT2D eigenvalue weighted by Gasteiger charge is -1.98. The van der Waals surface area contributed by atoms with Crippen molar-refractivity contribution in [1.82, 2.24) is 4.98 Å². The zero-order valence-electron chi connectivity index (χ0n) is 9.87. The lowest BCUT2D eigenvalue weighted by atomic mass is 10.1. The fraction of sp³-hybridized carbons (Fsp3) is 0.133.